The number of hydrogen-bond donors (Lipinski definition) is 1. The van der Waals surface area contributed by atoms with Gasteiger partial charge < -0.3 is 4.42 Å². The molecule has 1 saturated heterocycles. The second-order valence-electron chi connectivity index (χ2n) is 5.33. The Morgan fingerprint density at radius 1 is 1.20 bits per heavy atom. The van der Waals surface area contributed by atoms with Gasteiger partial charge in [-0.25, -0.2) is 0 Å². The lowest BCUT2D eigenvalue weighted by Gasteiger charge is -2.03. The van der Waals surface area contributed by atoms with E-state index in [0.717, 1.165) is 28.3 Å². The van der Waals surface area contributed by atoms with E-state index >= 15 is 0 Å². The number of benzene rings is 1. The van der Waals surface area contributed by atoms with Crippen LogP contribution in [0.2, 0.25) is 0 Å². The molecule has 0 aliphatic carbocycles. The van der Waals surface area contributed by atoms with E-state index in [1.165, 1.54) is 4.90 Å². The molecule has 1 aliphatic rings. The smallest absolute Gasteiger partial charge is 0.290 e. The Bertz CT molecular complexity index is 1020. The Labute approximate surface area is 151 Å². The molecule has 5 nitrogen and oxygen atoms in total. The van der Waals surface area contributed by atoms with Crippen molar-refractivity contribution in [3.8, 4) is 11.1 Å². The van der Waals surface area contributed by atoms with Crippen molar-refractivity contribution >= 4 is 51.7 Å². The molecule has 7 heteroatoms. The predicted molar refractivity (Wildman–Crippen MR) is 100 cm³/mol. The zero-order valence-corrected chi connectivity index (χ0v) is 14.7. The summed E-state index contributed by atoms with van der Waals surface area (Å²) in [4.78, 5) is 28.7. The number of hydrogen-bond acceptors (Lipinski definition) is 6. The van der Waals surface area contributed by atoms with Gasteiger partial charge in [0.25, 0.3) is 11.1 Å². The van der Waals surface area contributed by atoms with Crippen LogP contribution in [0, 0.1) is 0 Å². The van der Waals surface area contributed by atoms with E-state index in [4.69, 9.17) is 4.42 Å². The monoisotopic (exact) mass is 368 g/mol. The molecule has 3 aromatic rings. The van der Waals surface area contributed by atoms with Crippen LogP contribution < -0.4 is 5.32 Å². The molecule has 3 heterocycles. The van der Waals surface area contributed by atoms with Crippen LogP contribution in [-0.2, 0) is 4.79 Å². The third-order valence-corrected chi connectivity index (χ3v) is 5.31. The zero-order valence-electron chi connectivity index (χ0n) is 13.1. The molecule has 2 aromatic heterocycles. The highest BCUT2D eigenvalue weighted by atomic mass is 32.2. The molecule has 0 radical (unpaired) electrons. The Kier molecular flexibility index (Phi) is 4.10. The number of carbonyl (C=O) groups is 2. The molecular weight excluding hydrogens is 356 g/mol. The molecule has 124 valence electrons. The molecule has 1 fully saturated rings. The van der Waals surface area contributed by atoms with Gasteiger partial charge in [-0.2, -0.15) is 0 Å². The fraction of sp³-hybridized carbons (Fsp3) is 0.0556. The normalized spacial score (nSPS) is 16.0. The van der Waals surface area contributed by atoms with Crippen molar-refractivity contribution in [3.05, 3.63) is 53.4 Å². The molecule has 0 atom stereocenters. The summed E-state index contributed by atoms with van der Waals surface area (Å²) in [5.41, 5.74) is 2.59. The van der Waals surface area contributed by atoms with E-state index in [1.54, 1.807) is 30.2 Å². The Hall–Kier alpha value is -2.51. The number of thioether (sulfide) groups is 2. The third-order valence-electron chi connectivity index (χ3n) is 3.76. The number of amides is 2. The van der Waals surface area contributed by atoms with Crippen LogP contribution >= 0.6 is 23.5 Å². The summed E-state index contributed by atoms with van der Waals surface area (Å²) in [6.07, 6.45) is 7.09. The average molecular weight is 368 g/mol. The van der Waals surface area contributed by atoms with Gasteiger partial charge in [0.1, 0.15) is 11.3 Å². The van der Waals surface area contributed by atoms with Crippen LogP contribution in [0.3, 0.4) is 0 Å². The molecule has 2 amide bonds. The van der Waals surface area contributed by atoms with Gasteiger partial charge in [-0.3, -0.25) is 19.9 Å². The van der Waals surface area contributed by atoms with Crippen LogP contribution in [0.1, 0.15) is 5.76 Å². The summed E-state index contributed by atoms with van der Waals surface area (Å²) >= 11 is 2.55. The van der Waals surface area contributed by atoms with Crippen LogP contribution in [0.25, 0.3) is 28.2 Å². The minimum absolute atomic E-state index is 0.322. The summed E-state index contributed by atoms with van der Waals surface area (Å²) in [5, 5.41) is 2.70. The van der Waals surface area contributed by atoms with Crippen molar-refractivity contribution < 1.29 is 14.0 Å². The first-order chi connectivity index (χ1) is 12.1. The maximum absolute atomic E-state index is 11.7. The van der Waals surface area contributed by atoms with Gasteiger partial charge in [-0.1, -0.05) is 12.1 Å². The molecule has 0 unspecified atom stereocenters. The van der Waals surface area contributed by atoms with E-state index in [0.29, 0.717) is 16.2 Å². The summed E-state index contributed by atoms with van der Waals surface area (Å²) in [6, 6.07) is 9.97. The van der Waals surface area contributed by atoms with E-state index in [2.05, 4.69) is 22.4 Å². The lowest BCUT2D eigenvalue weighted by Crippen LogP contribution is -2.17. The lowest BCUT2D eigenvalue weighted by atomic mass is 10.1. The number of furan rings is 1. The minimum Gasteiger partial charge on any atom is -0.456 e. The van der Waals surface area contributed by atoms with Gasteiger partial charge in [0.2, 0.25) is 0 Å². The predicted octanol–water partition coefficient (Wildman–Crippen LogP) is 4.54. The van der Waals surface area contributed by atoms with Gasteiger partial charge in [0, 0.05) is 34.3 Å². The molecule has 1 N–H and O–H groups in total. The summed E-state index contributed by atoms with van der Waals surface area (Å²) < 4.78 is 5.93. The van der Waals surface area contributed by atoms with Crippen molar-refractivity contribution in [3.63, 3.8) is 0 Å². The second-order valence-corrected chi connectivity index (χ2v) is 7.23. The van der Waals surface area contributed by atoms with Gasteiger partial charge in [0.15, 0.2) is 0 Å². The van der Waals surface area contributed by atoms with Crippen molar-refractivity contribution in [1.82, 2.24) is 10.3 Å². The molecule has 0 spiro atoms. The second kappa shape index (κ2) is 6.42. The Morgan fingerprint density at radius 2 is 2.00 bits per heavy atom. The quantitative estimate of drug-likeness (QED) is 0.540. The third kappa shape index (κ3) is 3.08. The molecule has 25 heavy (non-hydrogen) atoms. The van der Waals surface area contributed by atoms with Crippen LogP contribution in [0.5, 0.6) is 0 Å². The molecule has 1 aliphatic heterocycles. The maximum Gasteiger partial charge on any atom is 0.290 e. The largest absolute Gasteiger partial charge is 0.456 e. The first-order valence-electron chi connectivity index (χ1n) is 7.41. The lowest BCUT2D eigenvalue weighted by molar-refractivity contribution is -0.115. The summed E-state index contributed by atoms with van der Waals surface area (Å²) in [6.45, 7) is 0. The van der Waals surface area contributed by atoms with Gasteiger partial charge >= 0.3 is 0 Å². The van der Waals surface area contributed by atoms with Crippen molar-refractivity contribution in [2.45, 2.75) is 4.90 Å². The van der Waals surface area contributed by atoms with Crippen LogP contribution in [0.4, 0.5) is 4.79 Å². The molecule has 0 bridgehead atoms. The van der Waals surface area contributed by atoms with E-state index in [9.17, 15) is 9.59 Å². The highest BCUT2D eigenvalue weighted by molar-refractivity contribution is 8.18. The van der Waals surface area contributed by atoms with Gasteiger partial charge in [-0.05, 0) is 41.8 Å². The zero-order chi connectivity index (χ0) is 17.4. The number of carbonyl (C=O) groups excluding carboxylic acids is 2. The first kappa shape index (κ1) is 16.0. The maximum atomic E-state index is 11.7. The van der Waals surface area contributed by atoms with Crippen LogP contribution in [-0.4, -0.2) is 22.4 Å². The fourth-order valence-electron chi connectivity index (χ4n) is 2.58. The Balaban J connectivity index is 1.77. The van der Waals surface area contributed by atoms with Crippen LogP contribution in [0.15, 0.2) is 56.9 Å². The standard InChI is InChI=1S/C18H12N2O3S2/c1-24-13-4-2-10(3-5-13)14-9-19-8-11-6-12(23-16(11)14)7-15-17(21)20-18(22)25-15/h2-9H,1H3,(H,20,21,22)/b15-7+. The number of nitrogens with zero attached hydrogens (tertiary/aromatic N) is 1. The summed E-state index contributed by atoms with van der Waals surface area (Å²) in [5.74, 6) is 0.110. The number of nitrogens with one attached hydrogen (secondary N) is 1. The van der Waals surface area contributed by atoms with E-state index in [1.807, 2.05) is 24.5 Å². The fourth-order valence-corrected chi connectivity index (χ4v) is 3.65. The molecule has 1 aromatic carbocycles. The number of pyridine rings is 1. The number of rotatable bonds is 3. The number of aromatic nitrogens is 1. The van der Waals surface area contributed by atoms with E-state index < -0.39 is 5.91 Å². The average Bonchev–Trinajstić information content (AvgIpc) is 3.17. The molecule has 4 rings (SSSR count). The SMILES string of the molecule is CSc1ccc(-c2cncc3cc(/C=C4/SC(=O)NC4=O)oc23)cc1. The first-order valence-corrected chi connectivity index (χ1v) is 9.45. The minimum atomic E-state index is -0.401. The van der Waals surface area contributed by atoms with Crippen molar-refractivity contribution in [1.29, 1.82) is 0 Å². The van der Waals surface area contributed by atoms with Crippen molar-refractivity contribution in [2.24, 2.45) is 0 Å². The number of fused-ring (bicyclic) bond motifs is 1. The van der Waals surface area contributed by atoms with Gasteiger partial charge in [0.05, 0.1) is 4.91 Å². The highest BCUT2D eigenvalue weighted by Gasteiger charge is 2.25. The van der Waals surface area contributed by atoms with Crippen molar-refractivity contribution in [2.75, 3.05) is 6.26 Å². The van der Waals surface area contributed by atoms with E-state index in [-0.39, 0.29) is 5.24 Å². The summed E-state index contributed by atoms with van der Waals surface area (Å²) in [7, 11) is 0. The topological polar surface area (TPSA) is 72.2 Å². The molecular formula is C18H12N2O3S2. The highest BCUT2D eigenvalue weighted by Crippen LogP contribution is 2.33. The van der Waals surface area contributed by atoms with Gasteiger partial charge in [-0.15, -0.1) is 11.8 Å². The molecule has 0 saturated carbocycles. The Morgan fingerprint density at radius 3 is 2.68 bits per heavy atom. The number of imide groups is 1.